The topological polar surface area (TPSA) is 76.7 Å². The summed E-state index contributed by atoms with van der Waals surface area (Å²) in [7, 11) is 1.51. The minimum Gasteiger partial charge on any atom is -0.496 e. The number of carboxylic acid groups (broad SMARTS) is 1. The lowest BCUT2D eigenvalue weighted by atomic mass is 10.0. The van der Waals surface area contributed by atoms with Gasteiger partial charge in [0, 0.05) is 12.5 Å². The number of aliphatic carboxylic acids is 1. The van der Waals surface area contributed by atoms with E-state index in [1.165, 1.54) is 7.11 Å². The first kappa shape index (κ1) is 17.0. The Balaban J connectivity index is 2.84. The summed E-state index contributed by atoms with van der Waals surface area (Å²) in [5, 5.41) is 8.62. The van der Waals surface area contributed by atoms with E-state index < -0.39 is 11.6 Å². The molecule has 1 heterocycles. The van der Waals surface area contributed by atoms with Crippen molar-refractivity contribution < 1.29 is 19.1 Å². The lowest BCUT2D eigenvalue weighted by Gasteiger charge is -2.09. The van der Waals surface area contributed by atoms with Crippen molar-refractivity contribution >= 4 is 11.5 Å². The molecule has 0 saturated heterocycles. The standard InChI is InChI=1S/C16H22O5/c1-10(6-5-7-15(17)18)8-11(2)13-9-14(20-4)12(3)16(19)21-13/h8-10H,5-7H2,1-4H3,(H,17,18)/b11-8+/t10-/m1/s1. The minimum absolute atomic E-state index is 0.171. The summed E-state index contributed by atoms with van der Waals surface area (Å²) in [6, 6.07) is 1.70. The molecule has 0 fully saturated rings. The van der Waals surface area contributed by atoms with E-state index in [2.05, 4.69) is 0 Å². The lowest BCUT2D eigenvalue weighted by Crippen LogP contribution is -2.07. The van der Waals surface area contributed by atoms with E-state index in [-0.39, 0.29) is 12.3 Å². The van der Waals surface area contributed by atoms with Crippen molar-refractivity contribution in [1.29, 1.82) is 0 Å². The van der Waals surface area contributed by atoms with Gasteiger partial charge in [0.2, 0.25) is 0 Å². The fourth-order valence-corrected chi connectivity index (χ4v) is 2.11. The van der Waals surface area contributed by atoms with Gasteiger partial charge < -0.3 is 14.3 Å². The molecule has 0 bridgehead atoms. The SMILES string of the molecule is COc1cc(/C(C)=C/[C@H](C)CCCC(=O)O)oc(=O)c1C. The quantitative estimate of drug-likeness (QED) is 0.835. The molecule has 0 aliphatic rings. The molecule has 21 heavy (non-hydrogen) atoms. The Bertz CT molecular complexity index is 583. The van der Waals surface area contributed by atoms with Gasteiger partial charge in [0.15, 0.2) is 0 Å². The van der Waals surface area contributed by atoms with Crippen LogP contribution in [0, 0.1) is 12.8 Å². The molecular formula is C16H22O5. The van der Waals surface area contributed by atoms with Gasteiger partial charge in [-0.15, -0.1) is 0 Å². The molecule has 1 aromatic rings. The van der Waals surface area contributed by atoms with Gasteiger partial charge in [0.1, 0.15) is 11.5 Å². The molecule has 1 aromatic heterocycles. The first-order valence-corrected chi connectivity index (χ1v) is 6.94. The van der Waals surface area contributed by atoms with Crippen molar-refractivity contribution in [2.24, 2.45) is 5.92 Å². The van der Waals surface area contributed by atoms with E-state index in [4.69, 9.17) is 14.3 Å². The minimum atomic E-state index is -0.780. The zero-order valence-electron chi connectivity index (χ0n) is 12.9. The van der Waals surface area contributed by atoms with Gasteiger partial charge in [-0.2, -0.15) is 0 Å². The Morgan fingerprint density at radius 3 is 2.76 bits per heavy atom. The summed E-state index contributed by atoms with van der Waals surface area (Å²) in [6.45, 7) is 5.53. The fourth-order valence-electron chi connectivity index (χ4n) is 2.11. The van der Waals surface area contributed by atoms with Crippen LogP contribution in [0.4, 0.5) is 0 Å². The first-order chi connectivity index (χ1) is 9.85. The van der Waals surface area contributed by atoms with Gasteiger partial charge in [-0.1, -0.05) is 13.0 Å². The Morgan fingerprint density at radius 2 is 2.19 bits per heavy atom. The van der Waals surface area contributed by atoms with Gasteiger partial charge in [-0.3, -0.25) is 4.79 Å². The van der Waals surface area contributed by atoms with Gasteiger partial charge in [-0.25, -0.2) is 4.79 Å². The molecule has 0 unspecified atom stereocenters. The summed E-state index contributed by atoms with van der Waals surface area (Å²) >= 11 is 0. The molecule has 0 saturated carbocycles. The van der Waals surface area contributed by atoms with E-state index in [0.29, 0.717) is 23.5 Å². The highest BCUT2D eigenvalue weighted by atomic mass is 16.5. The number of ether oxygens (including phenoxy) is 1. The molecule has 0 aliphatic carbocycles. The molecule has 1 N–H and O–H groups in total. The van der Waals surface area contributed by atoms with Crippen LogP contribution in [-0.2, 0) is 4.79 Å². The van der Waals surface area contributed by atoms with Crippen LogP contribution in [0.5, 0.6) is 5.75 Å². The van der Waals surface area contributed by atoms with Crippen LogP contribution in [0.1, 0.15) is 44.4 Å². The normalized spacial score (nSPS) is 13.0. The van der Waals surface area contributed by atoms with Crippen LogP contribution in [-0.4, -0.2) is 18.2 Å². The Labute approximate surface area is 124 Å². The maximum atomic E-state index is 11.7. The number of hydrogen-bond donors (Lipinski definition) is 1. The fraction of sp³-hybridized carbons (Fsp3) is 0.500. The molecule has 5 heteroatoms. The summed E-state index contributed by atoms with van der Waals surface area (Å²) in [5.41, 5.74) is 0.882. The average Bonchev–Trinajstić information content (AvgIpc) is 2.41. The van der Waals surface area contributed by atoms with Crippen LogP contribution in [0.2, 0.25) is 0 Å². The van der Waals surface area contributed by atoms with Gasteiger partial charge in [-0.05, 0) is 38.2 Å². The monoisotopic (exact) mass is 294 g/mol. The molecule has 1 rings (SSSR count). The number of hydrogen-bond acceptors (Lipinski definition) is 4. The number of carbonyl (C=O) groups is 1. The summed E-state index contributed by atoms with van der Waals surface area (Å²) in [4.78, 5) is 22.2. The van der Waals surface area contributed by atoms with Crippen LogP contribution >= 0.6 is 0 Å². The lowest BCUT2D eigenvalue weighted by molar-refractivity contribution is -0.137. The highest BCUT2D eigenvalue weighted by Gasteiger charge is 2.10. The van der Waals surface area contributed by atoms with Crippen LogP contribution in [0.3, 0.4) is 0 Å². The predicted octanol–water partition coefficient (Wildman–Crippen LogP) is 3.25. The van der Waals surface area contributed by atoms with E-state index in [1.54, 1.807) is 13.0 Å². The van der Waals surface area contributed by atoms with Crippen molar-refractivity contribution in [3.8, 4) is 5.75 Å². The average molecular weight is 294 g/mol. The molecule has 116 valence electrons. The van der Waals surface area contributed by atoms with Crippen LogP contribution < -0.4 is 10.4 Å². The second kappa shape index (κ2) is 7.67. The molecule has 0 radical (unpaired) electrons. The van der Waals surface area contributed by atoms with E-state index in [0.717, 1.165) is 12.0 Å². The zero-order valence-corrected chi connectivity index (χ0v) is 12.9. The molecule has 0 amide bonds. The van der Waals surface area contributed by atoms with Crippen molar-refractivity contribution in [1.82, 2.24) is 0 Å². The third kappa shape index (κ3) is 5.10. The third-order valence-corrected chi connectivity index (χ3v) is 3.33. The summed E-state index contributed by atoms with van der Waals surface area (Å²) in [5.74, 6) is 0.416. The highest BCUT2D eigenvalue weighted by Crippen LogP contribution is 2.23. The second-order valence-corrected chi connectivity index (χ2v) is 5.20. The largest absolute Gasteiger partial charge is 0.496 e. The smallest absolute Gasteiger partial charge is 0.342 e. The van der Waals surface area contributed by atoms with Gasteiger partial charge in [0.25, 0.3) is 0 Å². The summed E-state index contributed by atoms with van der Waals surface area (Å²) in [6.07, 6.45) is 3.55. The third-order valence-electron chi connectivity index (χ3n) is 3.33. The Hall–Kier alpha value is -2.04. The van der Waals surface area contributed by atoms with E-state index in [1.807, 2.05) is 19.9 Å². The Kier molecular flexibility index (Phi) is 6.21. The van der Waals surface area contributed by atoms with Gasteiger partial charge >= 0.3 is 11.6 Å². The molecule has 1 atom stereocenters. The highest BCUT2D eigenvalue weighted by molar-refractivity contribution is 5.66. The maximum absolute atomic E-state index is 11.7. The van der Waals surface area contributed by atoms with Crippen LogP contribution in [0.25, 0.3) is 5.57 Å². The number of methoxy groups -OCH3 is 1. The maximum Gasteiger partial charge on any atom is 0.342 e. The molecule has 0 spiro atoms. The van der Waals surface area contributed by atoms with Crippen molar-refractivity contribution in [3.63, 3.8) is 0 Å². The van der Waals surface area contributed by atoms with Gasteiger partial charge in [0.05, 0.1) is 12.7 Å². The molecule has 5 nitrogen and oxygen atoms in total. The number of allylic oxidation sites excluding steroid dienone is 2. The van der Waals surface area contributed by atoms with E-state index >= 15 is 0 Å². The van der Waals surface area contributed by atoms with Crippen molar-refractivity contribution in [3.05, 3.63) is 33.9 Å². The summed E-state index contributed by atoms with van der Waals surface area (Å²) < 4.78 is 10.4. The Morgan fingerprint density at radius 1 is 1.52 bits per heavy atom. The molecule has 0 aliphatic heterocycles. The van der Waals surface area contributed by atoms with Crippen molar-refractivity contribution in [2.75, 3.05) is 7.11 Å². The van der Waals surface area contributed by atoms with Crippen LogP contribution in [0.15, 0.2) is 21.4 Å². The predicted molar refractivity (Wildman–Crippen MR) is 80.6 cm³/mol. The second-order valence-electron chi connectivity index (χ2n) is 5.20. The molecular weight excluding hydrogens is 272 g/mol. The zero-order chi connectivity index (χ0) is 16.0. The molecule has 0 aromatic carbocycles. The number of carboxylic acids is 1. The van der Waals surface area contributed by atoms with E-state index in [9.17, 15) is 9.59 Å². The first-order valence-electron chi connectivity index (χ1n) is 6.94. The van der Waals surface area contributed by atoms with Crippen molar-refractivity contribution in [2.45, 2.75) is 40.0 Å². The number of rotatable bonds is 7.